The summed E-state index contributed by atoms with van der Waals surface area (Å²) >= 11 is 1.87. The SMILES string of the molecule is c1ccc(-c2ccc3c(c2)sc2cc(-c4ccccc4-c4cccc5c4oc4c6ccccc6n(-c6ccccc6)c54)ccc23)cc1. The van der Waals surface area contributed by atoms with Gasteiger partial charge < -0.3 is 8.98 Å². The van der Waals surface area contributed by atoms with Crippen molar-refractivity contribution in [1.82, 2.24) is 4.57 Å². The number of para-hydroxylation sites is 3. The lowest BCUT2D eigenvalue weighted by Crippen LogP contribution is -1.93. The molecule has 3 heteroatoms. The van der Waals surface area contributed by atoms with Gasteiger partial charge in [0.2, 0.25) is 0 Å². The second kappa shape index (κ2) is 10.3. The summed E-state index contributed by atoms with van der Waals surface area (Å²) in [6.45, 7) is 0. The Morgan fingerprint density at radius 2 is 1.02 bits per heavy atom. The third-order valence-electron chi connectivity index (χ3n) is 9.43. The van der Waals surface area contributed by atoms with Gasteiger partial charge in [-0.3, -0.25) is 0 Å². The minimum atomic E-state index is 0.914. The molecular weight excluding hydrogens is 591 g/mol. The molecule has 220 valence electrons. The summed E-state index contributed by atoms with van der Waals surface area (Å²) in [6.07, 6.45) is 0. The van der Waals surface area contributed by atoms with Gasteiger partial charge in [0.25, 0.3) is 0 Å². The number of benzene rings is 7. The fraction of sp³-hybridized carbons (Fsp3) is 0. The molecule has 10 rings (SSSR count). The van der Waals surface area contributed by atoms with Crippen LogP contribution in [0.1, 0.15) is 0 Å². The van der Waals surface area contributed by atoms with Crippen LogP contribution in [0.25, 0.3) is 92.2 Å². The first-order valence-electron chi connectivity index (χ1n) is 15.9. The van der Waals surface area contributed by atoms with Gasteiger partial charge in [0.15, 0.2) is 5.58 Å². The van der Waals surface area contributed by atoms with Crippen LogP contribution in [0.3, 0.4) is 0 Å². The third-order valence-corrected chi connectivity index (χ3v) is 10.5. The summed E-state index contributed by atoms with van der Waals surface area (Å²) in [5.74, 6) is 0. The maximum absolute atomic E-state index is 6.88. The van der Waals surface area contributed by atoms with Gasteiger partial charge in [0.1, 0.15) is 11.1 Å². The van der Waals surface area contributed by atoms with Crippen LogP contribution in [0, 0.1) is 0 Å². The lowest BCUT2D eigenvalue weighted by atomic mass is 9.93. The van der Waals surface area contributed by atoms with Gasteiger partial charge in [-0.25, -0.2) is 0 Å². The predicted octanol–water partition coefficient (Wildman–Crippen LogP) is 12.9. The van der Waals surface area contributed by atoms with E-state index in [-0.39, 0.29) is 0 Å². The van der Waals surface area contributed by atoms with E-state index in [1.54, 1.807) is 0 Å². The molecule has 0 atom stereocenters. The van der Waals surface area contributed by atoms with E-state index in [0.717, 1.165) is 49.8 Å². The van der Waals surface area contributed by atoms with E-state index in [9.17, 15) is 0 Å². The van der Waals surface area contributed by atoms with Gasteiger partial charge in [-0.2, -0.15) is 0 Å². The first-order chi connectivity index (χ1) is 23.3. The molecule has 0 N–H and O–H groups in total. The molecule has 7 aromatic carbocycles. The lowest BCUT2D eigenvalue weighted by Gasteiger charge is -2.11. The maximum Gasteiger partial charge on any atom is 0.161 e. The van der Waals surface area contributed by atoms with Crippen LogP contribution in [0.2, 0.25) is 0 Å². The van der Waals surface area contributed by atoms with Crippen LogP contribution in [0.4, 0.5) is 0 Å². The van der Waals surface area contributed by atoms with Gasteiger partial charge in [-0.15, -0.1) is 11.3 Å². The average molecular weight is 618 g/mol. The van der Waals surface area contributed by atoms with Crippen molar-refractivity contribution in [3.8, 4) is 39.1 Å². The highest BCUT2D eigenvalue weighted by Crippen LogP contribution is 2.45. The van der Waals surface area contributed by atoms with Crippen LogP contribution < -0.4 is 0 Å². The highest BCUT2D eigenvalue weighted by Gasteiger charge is 2.22. The fourth-order valence-corrected chi connectivity index (χ4v) is 8.46. The van der Waals surface area contributed by atoms with E-state index in [1.807, 2.05) is 11.3 Å². The molecule has 2 nitrogen and oxygen atoms in total. The number of rotatable bonds is 4. The Morgan fingerprint density at radius 3 is 1.83 bits per heavy atom. The largest absolute Gasteiger partial charge is 0.453 e. The van der Waals surface area contributed by atoms with Crippen molar-refractivity contribution in [3.63, 3.8) is 0 Å². The van der Waals surface area contributed by atoms with Crippen molar-refractivity contribution in [3.05, 3.63) is 164 Å². The Kier molecular flexibility index (Phi) is 5.78. The van der Waals surface area contributed by atoms with Crippen LogP contribution in [-0.4, -0.2) is 4.57 Å². The smallest absolute Gasteiger partial charge is 0.161 e. The van der Waals surface area contributed by atoms with Crippen LogP contribution in [0.5, 0.6) is 0 Å². The van der Waals surface area contributed by atoms with Gasteiger partial charge in [-0.05, 0) is 70.3 Å². The van der Waals surface area contributed by atoms with Crippen LogP contribution in [0.15, 0.2) is 168 Å². The van der Waals surface area contributed by atoms with Gasteiger partial charge >= 0.3 is 0 Å². The quantitative estimate of drug-likeness (QED) is 0.192. The van der Waals surface area contributed by atoms with E-state index >= 15 is 0 Å². The molecule has 0 aliphatic carbocycles. The molecule has 0 fully saturated rings. The molecule has 3 heterocycles. The molecule has 0 aliphatic heterocycles. The van der Waals surface area contributed by atoms with E-state index < -0.39 is 0 Å². The van der Waals surface area contributed by atoms with Gasteiger partial charge in [0, 0.05) is 42.2 Å². The number of nitrogens with zero attached hydrogens (tertiary/aromatic N) is 1. The highest BCUT2D eigenvalue weighted by atomic mass is 32.1. The Labute approximate surface area is 275 Å². The number of aromatic nitrogens is 1. The molecule has 0 aliphatic rings. The topological polar surface area (TPSA) is 18.1 Å². The van der Waals surface area contributed by atoms with Crippen molar-refractivity contribution >= 4 is 64.5 Å². The molecular formula is C44H27NOS. The average Bonchev–Trinajstić information content (AvgIpc) is 3.80. The summed E-state index contributed by atoms with van der Waals surface area (Å²) in [5, 5.41) is 4.84. The number of fused-ring (bicyclic) bond motifs is 8. The highest BCUT2D eigenvalue weighted by molar-refractivity contribution is 7.25. The second-order valence-corrected chi connectivity index (χ2v) is 13.2. The number of hydrogen-bond donors (Lipinski definition) is 0. The monoisotopic (exact) mass is 617 g/mol. The number of thiophene rings is 1. The molecule has 0 radical (unpaired) electrons. The van der Waals surface area contributed by atoms with E-state index in [4.69, 9.17) is 4.42 Å². The first-order valence-corrected chi connectivity index (χ1v) is 16.7. The van der Waals surface area contributed by atoms with E-state index in [1.165, 1.54) is 42.4 Å². The third kappa shape index (κ3) is 4.04. The summed E-state index contributed by atoms with van der Waals surface area (Å²) in [7, 11) is 0. The van der Waals surface area contributed by atoms with Crippen molar-refractivity contribution in [2.45, 2.75) is 0 Å². The molecule has 3 aromatic heterocycles. The maximum atomic E-state index is 6.88. The summed E-state index contributed by atoms with van der Waals surface area (Å²) in [5.41, 5.74) is 12.4. The zero-order valence-electron chi connectivity index (χ0n) is 25.4. The predicted molar refractivity (Wildman–Crippen MR) is 200 cm³/mol. The normalized spacial score (nSPS) is 11.8. The van der Waals surface area contributed by atoms with Crippen molar-refractivity contribution in [1.29, 1.82) is 0 Å². The summed E-state index contributed by atoms with van der Waals surface area (Å²) in [4.78, 5) is 0. The Hall–Kier alpha value is -5.90. The first kappa shape index (κ1) is 26.3. The molecule has 0 saturated heterocycles. The zero-order chi connectivity index (χ0) is 30.9. The molecule has 0 spiro atoms. The zero-order valence-corrected chi connectivity index (χ0v) is 26.2. The molecule has 10 aromatic rings. The summed E-state index contributed by atoms with van der Waals surface area (Å²) < 4.78 is 11.8. The standard InChI is InChI=1S/C44H27NOS/c1-3-12-28(13-4-1)29-22-24-34-35-25-23-30(27-41(35)47-40(34)26-29)32-16-7-8-17-33(32)36-19-11-20-38-42-44(46-43(36)38)37-18-9-10-21-39(37)45(42)31-14-5-2-6-15-31/h1-27H. The van der Waals surface area contributed by atoms with Crippen LogP contribution >= 0.6 is 11.3 Å². The molecule has 0 saturated carbocycles. The Balaban J connectivity index is 1.15. The molecule has 0 amide bonds. The van der Waals surface area contributed by atoms with Crippen molar-refractivity contribution < 1.29 is 4.42 Å². The summed E-state index contributed by atoms with van der Waals surface area (Å²) in [6, 6.07) is 58.8. The second-order valence-electron chi connectivity index (χ2n) is 12.1. The lowest BCUT2D eigenvalue weighted by molar-refractivity contribution is 0.674. The molecule has 47 heavy (non-hydrogen) atoms. The Bertz CT molecular complexity index is 2780. The molecule has 0 bridgehead atoms. The van der Waals surface area contributed by atoms with Crippen molar-refractivity contribution in [2.24, 2.45) is 0 Å². The number of furan rings is 1. The van der Waals surface area contributed by atoms with Crippen molar-refractivity contribution in [2.75, 3.05) is 0 Å². The number of hydrogen-bond acceptors (Lipinski definition) is 2. The minimum absolute atomic E-state index is 0.914. The van der Waals surface area contributed by atoms with E-state index in [2.05, 4.69) is 168 Å². The van der Waals surface area contributed by atoms with Gasteiger partial charge in [-0.1, -0.05) is 121 Å². The van der Waals surface area contributed by atoms with E-state index in [0.29, 0.717) is 0 Å². The molecule has 0 unspecified atom stereocenters. The minimum Gasteiger partial charge on any atom is -0.453 e. The van der Waals surface area contributed by atoms with Crippen LogP contribution in [-0.2, 0) is 0 Å². The van der Waals surface area contributed by atoms with Gasteiger partial charge in [0.05, 0.1) is 5.52 Å². The Morgan fingerprint density at radius 1 is 0.404 bits per heavy atom. The fourth-order valence-electron chi connectivity index (χ4n) is 7.27.